The van der Waals surface area contributed by atoms with Crippen LogP contribution in [0, 0.1) is 5.41 Å². The topological polar surface area (TPSA) is 28.2 Å². The van der Waals surface area contributed by atoms with Gasteiger partial charge in [-0.25, -0.2) is 4.98 Å². The van der Waals surface area contributed by atoms with Gasteiger partial charge in [-0.15, -0.1) is 11.3 Å². The van der Waals surface area contributed by atoms with Crippen LogP contribution in [0.2, 0.25) is 0 Å². The standard InChI is InChI=1S/C16H29N3S/c1-5-9-17-11-14-13(6-2)18-15(20-14)19-10-7-8-16(3,4)12-19/h17H,5-12H2,1-4H3. The number of nitrogens with one attached hydrogen (secondary N) is 1. The normalized spacial score (nSPS) is 18.5. The van der Waals surface area contributed by atoms with Crippen molar-refractivity contribution in [3.8, 4) is 0 Å². The van der Waals surface area contributed by atoms with Gasteiger partial charge >= 0.3 is 0 Å². The van der Waals surface area contributed by atoms with Gasteiger partial charge in [0, 0.05) is 24.5 Å². The van der Waals surface area contributed by atoms with Crippen molar-refractivity contribution in [3.05, 3.63) is 10.6 Å². The van der Waals surface area contributed by atoms with E-state index >= 15 is 0 Å². The van der Waals surface area contributed by atoms with Crippen molar-refractivity contribution < 1.29 is 0 Å². The van der Waals surface area contributed by atoms with Crippen LogP contribution < -0.4 is 10.2 Å². The molecule has 0 spiro atoms. The molecule has 1 N–H and O–H groups in total. The van der Waals surface area contributed by atoms with E-state index in [1.165, 1.54) is 41.5 Å². The fraction of sp³-hybridized carbons (Fsp3) is 0.812. The van der Waals surface area contributed by atoms with Crippen molar-refractivity contribution in [1.82, 2.24) is 10.3 Å². The van der Waals surface area contributed by atoms with Crippen LogP contribution in [0.3, 0.4) is 0 Å². The zero-order valence-electron chi connectivity index (χ0n) is 13.5. The average Bonchev–Trinajstić information content (AvgIpc) is 2.81. The van der Waals surface area contributed by atoms with Gasteiger partial charge in [-0.2, -0.15) is 0 Å². The Labute approximate surface area is 127 Å². The molecule has 0 unspecified atom stereocenters. The molecule has 3 nitrogen and oxygen atoms in total. The summed E-state index contributed by atoms with van der Waals surface area (Å²) in [6.07, 6.45) is 4.85. The first-order valence-electron chi connectivity index (χ1n) is 8.00. The average molecular weight is 295 g/mol. The van der Waals surface area contributed by atoms with Crippen molar-refractivity contribution in [2.75, 3.05) is 24.5 Å². The minimum atomic E-state index is 0.428. The second-order valence-electron chi connectivity index (χ2n) is 6.59. The van der Waals surface area contributed by atoms with Crippen LogP contribution in [0.5, 0.6) is 0 Å². The van der Waals surface area contributed by atoms with E-state index in [9.17, 15) is 0 Å². The summed E-state index contributed by atoms with van der Waals surface area (Å²) < 4.78 is 0. The lowest BCUT2D eigenvalue weighted by atomic mass is 9.84. The zero-order chi connectivity index (χ0) is 14.6. The second-order valence-corrected chi connectivity index (χ2v) is 7.65. The van der Waals surface area contributed by atoms with Gasteiger partial charge < -0.3 is 10.2 Å². The van der Waals surface area contributed by atoms with Gasteiger partial charge in [-0.3, -0.25) is 0 Å². The number of aromatic nitrogens is 1. The lowest BCUT2D eigenvalue weighted by molar-refractivity contribution is 0.293. The number of hydrogen-bond donors (Lipinski definition) is 1. The Kier molecular flexibility index (Phi) is 5.44. The maximum Gasteiger partial charge on any atom is 0.185 e. The first-order chi connectivity index (χ1) is 9.55. The predicted octanol–water partition coefficient (Wildman–Crippen LogP) is 3.83. The third-order valence-electron chi connectivity index (χ3n) is 3.99. The Bertz CT molecular complexity index is 425. The van der Waals surface area contributed by atoms with Crippen LogP contribution in [0.1, 0.15) is 57.5 Å². The number of piperidine rings is 1. The summed E-state index contributed by atoms with van der Waals surface area (Å²) in [6, 6.07) is 0. The first kappa shape index (κ1) is 15.8. The predicted molar refractivity (Wildman–Crippen MR) is 88.7 cm³/mol. The summed E-state index contributed by atoms with van der Waals surface area (Å²) in [5.74, 6) is 0. The quantitative estimate of drug-likeness (QED) is 0.808. The van der Waals surface area contributed by atoms with Crippen LogP contribution >= 0.6 is 11.3 Å². The lowest BCUT2D eigenvalue weighted by Crippen LogP contribution is -2.40. The number of nitrogens with zero attached hydrogens (tertiary/aromatic N) is 2. The highest BCUT2D eigenvalue weighted by molar-refractivity contribution is 7.15. The van der Waals surface area contributed by atoms with E-state index in [0.717, 1.165) is 26.1 Å². The van der Waals surface area contributed by atoms with Gasteiger partial charge in [0.05, 0.1) is 5.69 Å². The summed E-state index contributed by atoms with van der Waals surface area (Å²) >= 11 is 1.89. The maximum absolute atomic E-state index is 4.90. The number of anilines is 1. The molecule has 1 aliphatic rings. The maximum atomic E-state index is 4.90. The molecule has 2 heterocycles. The van der Waals surface area contributed by atoms with Gasteiger partial charge in [0.15, 0.2) is 5.13 Å². The van der Waals surface area contributed by atoms with Crippen molar-refractivity contribution in [3.63, 3.8) is 0 Å². The van der Waals surface area contributed by atoms with Gasteiger partial charge in [-0.05, 0) is 37.6 Å². The van der Waals surface area contributed by atoms with Gasteiger partial charge in [0.2, 0.25) is 0 Å². The number of thiazole rings is 1. The minimum absolute atomic E-state index is 0.428. The summed E-state index contributed by atoms with van der Waals surface area (Å²) in [7, 11) is 0. The molecule has 0 bridgehead atoms. The molecule has 114 valence electrons. The van der Waals surface area contributed by atoms with Gasteiger partial charge in [0.1, 0.15) is 0 Å². The van der Waals surface area contributed by atoms with Crippen LogP contribution in [0.25, 0.3) is 0 Å². The Morgan fingerprint density at radius 2 is 2.15 bits per heavy atom. The molecule has 20 heavy (non-hydrogen) atoms. The molecular formula is C16H29N3S. The number of rotatable bonds is 6. The lowest BCUT2D eigenvalue weighted by Gasteiger charge is -2.37. The summed E-state index contributed by atoms with van der Waals surface area (Å²) in [5, 5.41) is 4.75. The van der Waals surface area contributed by atoms with Crippen LogP contribution in [0.15, 0.2) is 0 Å². The monoisotopic (exact) mass is 295 g/mol. The molecule has 2 rings (SSSR count). The molecule has 4 heteroatoms. The second kappa shape index (κ2) is 6.90. The van der Waals surface area contributed by atoms with Crippen LogP contribution in [-0.4, -0.2) is 24.6 Å². The fourth-order valence-corrected chi connectivity index (χ4v) is 4.03. The fourth-order valence-electron chi connectivity index (χ4n) is 2.88. The SMILES string of the molecule is CCCNCc1sc(N2CCCC(C)(C)C2)nc1CC. The molecule has 0 saturated carbocycles. The van der Waals surface area contributed by atoms with Crippen LogP contribution in [0.4, 0.5) is 5.13 Å². The molecule has 1 aromatic rings. The zero-order valence-corrected chi connectivity index (χ0v) is 14.3. The minimum Gasteiger partial charge on any atom is -0.348 e. The molecule has 1 fully saturated rings. The molecule has 1 saturated heterocycles. The van der Waals surface area contributed by atoms with E-state index in [1.807, 2.05) is 11.3 Å². The molecule has 1 aliphatic heterocycles. The molecule has 1 aromatic heterocycles. The molecule has 0 aliphatic carbocycles. The summed E-state index contributed by atoms with van der Waals surface area (Å²) in [4.78, 5) is 8.83. The third kappa shape index (κ3) is 3.95. The van der Waals surface area contributed by atoms with E-state index in [-0.39, 0.29) is 0 Å². The van der Waals surface area contributed by atoms with Crippen molar-refractivity contribution >= 4 is 16.5 Å². The third-order valence-corrected chi connectivity index (χ3v) is 5.14. The molecular weight excluding hydrogens is 266 g/mol. The number of hydrogen-bond acceptors (Lipinski definition) is 4. The molecule has 0 amide bonds. The smallest absolute Gasteiger partial charge is 0.185 e. The highest BCUT2D eigenvalue weighted by atomic mass is 32.1. The Hall–Kier alpha value is -0.610. The van der Waals surface area contributed by atoms with Crippen LogP contribution in [-0.2, 0) is 13.0 Å². The largest absolute Gasteiger partial charge is 0.348 e. The van der Waals surface area contributed by atoms with Gasteiger partial charge in [0.25, 0.3) is 0 Å². The Balaban J connectivity index is 2.08. The number of aryl methyl sites for hydroxylation is 1. The van der Waals surface area contributed by atoms with E-state index in [0.29, 0.717) is 5.41 Å². The van der Waals surface area contributed by atoms with E-state index in [1.54, 1.807) is 0 Å². The first-order valence-corrected chi connectivity index (χ1v) is 8.81. The van der Waals surface area contributed by atoms with Crippen molar-refractivity contribution in [2.45, 2.75) is 59.9 Å². The van der Waals surface area contributed by atoms with Gasteiger partial charge in [-0.1, -0.05) is 27.7 Å². The highest BCUT2D eigenvalue weighted by Crippen LogP contribution is 2.34. The molecule has 0 radical (unpaired) electrons. The highest BCUT2D eigenvalue weighted by Gasteiger charge is 2.28. The molecule has 0 aromatic carbocycles. The van der Waals surface area contributed by atoms with E-state index < -0.39 is 0 Å². The summed E-state index contributed by atoms with van der Waals surface area (Å²) in [5.41, 5.74) is 1.72. The van der Waals surface area contributed by atoms with Crippen molar-refractivity contribution in [2.24, 2.45) is 5.41 Å². The molecule has 0 atom stereocenters. The Morgan fingerprint density at radius 3 is 2.80 bits per heavy atom. The Morgan fingerprint density at radius 1 is 1.35 bits per heavy atom. The van der Waals surface area contributed by atoms with E-state index in [2.05, 4.69) is 37.9 Å². The summed E-state index contributed by atoms with van der Waals surface area (Å²) in [6.45, 7) is 13.5. The van der Waals surface area contributed by atoms with E-state index in [4.69, 9.17) is 4.98 Å². The van der Waals surface area contributed by atoms with Crippen molar-refractivity contribution in [1.29, 1.82) is 0 Å².